The third-order valence-electron chi connectivity index (χ3n) is 3.24. The number of nitrogens with one attached hydrogen (secondary N) is 1. The number of carbonyl (C=O) groups is 3. The number of carbonyl (C=O) groups excluding carboxylic acids is 3. The van der Waals surface area contributed by atoms with E-state index >= 15 is 0 Å². The molecule has 1 aliphatic heterocycles. The topological polar surface area (TPSA) is 75.7 Å². The zero-order valence-electron chi connectivity index (χ0n) is 12.3. The van der Waals surface area contributed by atoms with E-state index in [2.05, 4.69) is 10.1 Å². The van der Waals surface area contributed by atoms with E-state index in [-0.39, 0.29) is 18.6 Å². The lowest BCUT2D eigenvalue weighted by Crippen LogP contribution is -2.42. The number of rotatable bonds is 3. The Hall–Kier alpha value is -2.37. The van der Waals surface area contributed by atoms with Crippen molar-refractivity contribution in [1.29, 1.82) is 0 Å². The molecule has 1 N–H and O–H groups in total. The van der Waals surface area contributed by atoms with Gasteiger partial charge in [-0.15, -0.1) is 0 Å². The fraction of sp³-hybridized carbons (Fsp3) is 0.400. The monoisotopic (exact) mass is 290 g/mol. The van der Waals surface area contributed by atoms with Crippen molar-refractivity contribution in [2.24, 2.45) is 0 Å². The van der Waals surface area contributed by atoms with Crippen LogP contribution in [0.15, 0.2) is 24.3 Å². The summed E-state index contributed by atoms with van der Waals surface area (Å²) in [6, 6.07) is 6.33. The van der Waals surface area contributed by atoms with Crippen molar-refractivity contribution in [2.75, 3.05) is 11.5 Å². The molecule has 1 aliphatic rings. The number of anilines is 1. The maximum atomic E-state index is 12.5. The van der Waals surface area contributed by atoms with Gasteiger partial charge in [-0.1, -0.05) is 18.2 Å². The van der Waals surface area contributed by atoms with Crippen molar-refractivity contribution < 1.29 is 19.1 Å². The molecule has 2 amide bonds. The van der Waals surface area contributed by atoms with Crippen molar-refractivity contribution in [3.05, 3.63) is 29.8 Å². The smallest absolute Gasteiger partial charge is 0.396 e. The molecule has 1 aromatic carbocycles. The van der Waals surface area contributed by atoms with Gasteiger partial charge in [0, 0.05) is 17.3 Å². The number of fused-ring (bicyclic) bond motifs is 1. The quantitative estimate of drug-likeness (QED) is 0.669. The fourth-order valence-electron chi connectivity index (χ4n) is 2.40. The minimum Gasteiger partial charge on any atom is -0.459 e. The van der Waals surface area contributed by atoms with E-state index in [1.165, 1.54) is 0 Å². The summed E-state index contributed by atoms with van der Waals surface area (Å²) in [5.74, 6) is -2.13. The number of amides is 2. The second-order valence-electron chi connectivity index (χ2n) is 4.99. The van der Waals surface area contributed by atoms with E-state index in [1.54, 1.807) is 24.0 Å². The Kier molecular flexibility index (Phi) is 4.26. The van der Waals surface area contributed by atoms with Gasteiger partial charge in [0.15, 0.2) is 0 Å². The van der Waals surface area contributed by atoms with E-state index < -0.39 is 17.9 Å². The van der Waals surface area contributed by atoms with Crippen LogP contribution in [-0.4, -0.2) is 30.4 Å². The molecule has 0 fully saturated rings. The van der Waals surface area contributed by atoms with Gasteiger partial charge in [-0.25, -0.2) is 4.79 Å². The summed E-state index contributed by atoms with van der Waals surface area (Å²) in [5.41, 5.74) is 1.44. The average Bonchev–Trinajstić information content (AvgIpc) is 2.72. The van der Waals surface area contributed by atoms with E-state index in [0.29, 0.717) is 5.56 Å². The SMILES string of the molecule is CCOC(=O)C(=O)N[C@H]1C(=O)N(C(C)C)c2ccccc21. The summed E-state index contributed by atoms with van der Waals surface area (Å²) in [7, 11) is 0. The standard InChI is InChI=1S/C15H18N2O4/c1-4-21-15(20)13(18)16-12-10-7-5-6-8-11(10)17(9(2)3)14(12)19/h5-9,12H,4H2,1-3H3,(H,16,18)/t12-/m1/s1. The predicted octanol–water partition coefficient (Wildman–Crippen LogP) is 1.16. The Labute approximate surface area is 123 Å². The largest absolute Gasteiger partial charge is 0.459 e. The van der Waals surface area contributed by atoms with Gasteiger partial charge in [0.2, 0.25) is 0 Å². The number of benzene rings is 1. The Balaban J connectivity index is 2.27. The predicted molar refractivity (Wildman–Crippen MR) is 76.6 cm³/mol. The van der Waals surface area contributed by atoms with Crippen LogP contribution in [0.25, 0.3) is 0 Å². The molecule has 0 aromatic heterocycles. The Morgan fingerprint density at radius 1 is 1.33 bits per heavy atom. The number of hydrogen-bond donors (Lipinski definition) is 1. The second kappa shape index (κ2) is 5.95. The van der Waals surface area contributed by atoms with Gasteiger partial charge >= 0.3 is 11.9 Å². The number of para-hydroxylation sites is 1. The minimum absolute atomic E-state index is 0.0388. The number of ether oxygens (including phenoxy) is 1. The molecule has 2 rings (SSSR count). The van der Waals surface area contributed by atoms with Gasteiger partial charge in [0.25, 0.3) is 5.91 Å². The molecule has 0 aliphatic carbocycles. The summed E-state index contributed by atoms with van der Waals surface area (Å²) >= 11 is 0. The van der Waals surface area contributed by atoms with Crippen LogP contribution in [0, 0.1) is 0 Å². The Morgan fingerprint density at radius 2 is 2.00 bits per heavy atom. The molecule has 0 unspecified atom stereocenters. The molecule has 0 saturated heterocycles. The molecular weight excluding hydrogens is 272 g/mol. The zero-order chi connectivity index (χ0) is 15.6. The summed E-state index contributed by atoms with van der Waals surface area (Å²) in [4.78, 5) is 37.3. The van der Waals surface area contributed by atoms with E-state index in [0.717, 1.165) is 5.69 Å². The van der Waals surface area contributed by atoms with Crippen molar-refractivity contribution in [3.63, 3.8) is 0 Å². The summed E-state index contributed by atoms with van der Waals surface area (Å²) in [6.45, 7) is 5.51. The summed E-state index contributed by atoms with van der Waals surface area (Å²) in [5, 5.41) is 2.45. The molecule has 0 spiro atoms. The van der Waals surface area contributed by atoms with E-state index in [9.17, 15) is 14.4 Å². The Bertz CT molecular complexity index is 583. The molecule has 0 bridgehead atoms. The van der Waals surface area contributed by atoms with Crippen LogP contribution < -0.4 is 10.2 Å². The highest BCUT2D eigenvalue weighted by molar-refractivity contribution is 6.33. The summed E-state index contributed by atoms with van der Waals surface area (Å²) in [6.07, 6.45) is 0. The van der Waals surface area contributed by atoms with Gasteiger partial charge < -0.3 is 15.0 Å². The van der Waals surface area contributed by atoms with Crippen LogP contribution in [0.4, 0.5) is 5.69 Å². The third kappa shape index (κ3) is 2.74. The van der Waals surface area contributed by atoms with Crippen LogP contribution in [-0.2, 0) is 19.1 Å². The highest BCUT2D eigenvalue weighted by Gasteiger charge is 2.40. The highest BCUT2D eigenvalue weighted by atomic mass is 16.5. The maximum Gasteiger partial charge on any atom is 0.396 e. The van der Waals surface area contributed by atoms with Crippen LogP contribution in [0.3, 0.4) is 0 Å². The molecule has 6 heteroatoms. The van der Waals surface area contributed by atoms with Gasteiger partial charge in [0.05, 0.1) is 6.61 Å². The van der Waals surface area contributed by atoms with Gasteiger partial charge in [-0.05, 0) is 26.8 Å². The lowest BCUT2D eigenvalue weighted by atomic mass is 10.1. The second-order valence-corrected chi connectivity index (χ2v) is 4.99. The molecular formula is C15H18N2O4. The van der Waals surface area contributed by atoms with E-state index in [4.69, 9.17) is 0 Å². The van der Waals surface area contributed by atoms with Gasteiger partial charge in [-0.3, -0.25) is 9.59 Å². The first-order valence-corrected chi connectivity index (χ1v) is 6.87. The lowest BCUT2D eigenvalue weighted by Gasteiger charge is -2.22. The molecule has 0 saturated carbocycles. The first-order valence-electron chi connectivity index (χ1n) is 6.87. The fourth-order valence-corrected chi connectivity index (χ4v) is 2.40. The van der Waals surface area contributed by atoms with Gasteiger partial charge in [0.1, 0.15) is 6.04 Å². The number of hydrogen-bond acceptors (Lipinski definition) is 4. The summed E-state index contributed by atoms with van der Waals surface area (Å²) < 4.78 is 4.64. The molecule has 0 radical (unpaired) electrons. The van der Waals surface area contributed by atoms with Gasteiger partial charge in [-0.2, -0.15) is 0 Å². The number of nitrogens with zero attached hydrogens (tertiary/aromatic N) is 1. The molecule has 21 heavy (non-hydrogen) atoms. The minimum atomic E-state index is -0.981. The van der Waals surface area contributed by atoms with Crippen molar-refractivity contribution >= 4 is 23.5 Å². The first-order chi connectivity index (χ1) is 9.97. The lowest BCUT2D eigenvalue weighted by molar-refractivity contribution is -0.155. The molecule has 112 valence electrons. The Morgan fingerprint density at radius 3 is 2.62 bits per heavy atom. The van der Waals surface area contributed by atoms with Crippen LogP contribution in [0.2, 0.25) is 0 Å². The van der Waals surface area contributed by atoms with E-state index in [1.807, 2.05) is 26.0 Å². The zero-order valence-corrected chi connectivity index (χ0v) is 12.3. The maximum absolute atomic E-state index is 12.5. The van der Waals surface area contributed by atoms with Crippen LogP contribution in [0.5, 0.6) is 0 Å². The number of esters is 1. The molecule has 1 atom stereocenters. The first kappa shape index (κ1) is 15.0. The van der Waals surface area contributed by atoms with Crippen molar-refractivity contribution in [2.45, 2.75) is 32.9 Å². The molecule has 1 heterocycles. The van der Waals surface area contributed by atoms with Crippen LogP contribution in [0.1, 0.15) is 32.4 Å². The van der Waals surface area contributed by atoms with Crippen molar-refractivity contribution in [1.82, 2.24) is 5.32 Å². The normalized spacial score (nSPS) is 16.9. The van der Waals surface area contributed by atoms with Crippen molar-refractivity contribution in [3.8, 4) is 0 Å². The van der Waals surface area contributed by atoms with Crippen LogP contribution >= 0.6 is 0 Å². The average molecular weight is 290 g/mol. The molecule has 1 aromatic rings. The molecule has 6 nitrogen and oxygen atoms in total. The highest BCUT2D eigenvalue weighted by Crippen LogP contribution is 2.36. The third-order valence-corrected chi connectivity index (χ3v) is 3.24.